The number of benzene rings is 1. The van der Waals surface area contributed by atoms with Crippen molar-refractivity contribution in [2.24, 2.45) is 0 Å². The van der Waals surface area contributed by atoms with Crippen LogP contribution >= 0.6 is 0 Å². The fourth-order valence-electron chi connectivity index (χ4n) is 1.73. The highest BCUT2D eigenvalue weighted by Crippen LogP contribution is 2.25. The minimum absolute atomic E-state index is 0.137. The first-order valence-corrected chi connectivity index (χ1v) is 5.90. The van der Waals surface area contributed by atoms with Crippen LogP contribution in [0.5, 0.6) is 0 Å². The molecule has 1 heterocycles. The molecule has 2 aromatic rings. The summed E-state index contributed by atoms with van der Waals surface area (Å²) in [4.78, 5) is 18.7. The summed E-state index contributed by atoms with van der Waals surface area (Å²) < 4.78 is 0. The molecule has 0 radical (unpaired) electrons. The van der Waals surface area contributed by atoms with Crippen molar-refractivity contribution in [3.63, 3.8) is 0 Å². The summed E-state index contributed by atoms with van der Waals surface area (Å²) in [5.41, 5.74) is 3.18. The van der Waals surface area contributed by atoms with Gasteiger partial charge in [0.1, 0.15) is 0 Å². The topological polar surface area (TPSA) is 42.9 Å². The molecular weight excluding hydrogens is 224 g/mol. The van der Waals surface area contributed by atoms with Gasteiger partial charge in [-0.2, -0.15) is 0 Å². The maximum atomic E-state index is 10.7. The number of aldehydes is 1. The second-order valence-electron chi connectivity index (χ2n) is 5.25. The van der Waals surface area contributed by atoms with Crippen LogP contribution in [-0.2, 0) is 5.41 Å². The van der Waals surface area contributed by atoms with E-state index in [1.165, 1.54) is 5.56 Å². The lowest BCUT2D eigenvalue weighted by molar-refractivity contribution is 0.111. The van der Waals surface area contributed by atoms with Gasteiger partial charge in [0.05, 0.1) is 5.69 Å². The average molecular weight is 240 g/mol. The quantitative estimate of drug-likeness (QED) is 0.757. The second kappa shape index (κ2) is 4.69. The molecule has 0 N–H and O–H groups in total. The normalized spacial score (nSPS) is 11.3. The van der Waals surface area contributed by atoms with Gasteiger partial charge in [-0.05, 0) is 17.0 Å². The first-order valence-electron chi connectivity index (χ1n) is 5.90. The molecule has 0 bridgehead atoms. The SMILES string of the molecule is CC(C)(C)c1ccc(-c2ccnc(C=O)n2)cc1. The Morgan fingerprint density at radius 3 is 2.28 bits per heavy atom. The standard InChI is InChI=1S/C15H16N2O/c1-15(2,3)12-6-4-11(5-7-12)13-8-9-16-14(10-18)17-13/h4-10H,1-3H3. The lowest BCUT2D eigenvalue weighted by Crippen LogP contribution is -2.10. The molecule has 0 saturated heterocycles. The van der Waals surface area contributed by atoms with E-state index in [1.54, 1.807) is 12.3 Å². The molecule has 0 aliphatic rings. The first-order chi connectivity index (χ1) is 8.50. The molecule has 1 aromatic carbocycles. The third-order valence-corrected chi connectivity index (χ3v) is 2.83. The minimum Gasteiger partial charge on any atom is -0.294 e. The second-order valence-corrected chi connectivity index (χ2v) is 5.25. The Kier molecular flexibility index (Phi) is 3.24. The lowest BCUT2D eigenvalue weighted by Gasteiger charge is -2.19. The molecule has 92 valence electrons. The molecule has 18 heavy (non-hydrogen) atoms. The molecule has 0 aliphatic carbocycles. The van der Waals surface area contributed by atoms with Crippen LogP contribution in [0, 0.1) is 0 Å². The number of nitrogens with zero attached hydrogens (tertiary/aromatic N) is 2. The number of hydrogen-bond acceptors (Lipinski definition) is 3. The van der Waals surface area contributed by atoms with Crippen LogP contribution in [0.2, 0.25) is 0 Å². The van der Waals surface area contributed by atoms with Crippen molar-refractivity contribution in [2.45, 2.75) is 26.2 Å². The summed E-state index contributed by atoms with van der Waals surface area (Å²) in [6.07, 6.45) is 2.26. The summed E-state index contributed by atoms with van der Waals surface area (Å²) in [6, 6.07) is 10.0. The summed E-state index contributed by atoms with van der Waals surface area (Å²) in [5, 5.41) is 0. The van der Waals surface area contributed by atoms with E-state index < -0.39 is 0 Å². The zero-order chi connectivity index (χ0) is 13.2. The molecule has 0 saturated carbocycles. The van der Waals surface area contributed by atoms with Gasteiger partial charge in [0.2, 0.25) is 0 Å². The smallest absolute Gasteiger partial charge is 0.193 e. The minimum atomic E-state index is 0.137. The van der Waals surface area contributed by atoms with E-state index in [0.29, 0.717) is 6.29 Å². The Morgan fingerprint density at radius 1 is 1.06 bits per heavy atom. The Bertz CT molecular complexity index is 553. The van der Waals surface area contributed by atoms with E-state index in [4.69, 9.17) is 0 Å². The van der Waals surface area contributed by atoms with Crippen molar-refractivity contribution in [3.8, 4) is 11.3 Å². The van der Waals surface area contributed by atoms with Gasteiger partial charge in [0, 0.05) is 11.8 Å². The molecular formula is C15H16N2O. The molecule has 0 unspecified atom stereocenters. The molecule has 1 aromatic heterocycles. The third kappa shape index (κ3) is 2.62. The molecule has 0 aliphatic heterocycles. The van der Waals surface area contributed by atoms with Crippen LogP contribution in [0.3, 0.4) is 0 Å². The van der Waals surface area contributed by atoms with E-state index in [9.17, 15) is 4.79 Å². The monoisotopic (exact) mass is 240 g/mol. The number of hydrogen-bond donors (Lipinski definition) is 0. The number of carbonyl (C=O) groups excluding carboxylic acids is 1. The zero-order valence-corrected chi connectivity index (χ0v) is 10.8. The highest BCUT2D eigenvalue weighted by Gasteiger charge is 2.13. The summed E-state index contributed by atoms with van der Waals surface area (Å²) in [7, 11) is 0. The number of rotatable bonds is 2. The maximum absolute atomic E-state index is 10.7. The van der Waals surface area contributed by atoms with Crippen molar-refractivity contribution in [2.75, 3.05) is 0 Å². The van der Waals surface area contributed by atoms with Crippen LogP contribution in [0.1, 0.15) is 37.0 Å². The average Bonchev–Trinajstić information content (AvgIpc) is 2.38. The van der Waals surface area contributed by atoms with Crippen molar-refractivity contribution >= 4 is 6.29 Å². The molecule has 0 fully saturated rings. The molecule has 2 rings (SSSR count). The van der Waals surface area contributed by atoms with Gasteiger partial charge < -0.3 is 0 Å². The molecule has 0 spiro atoms. The fourth-order valence-corrected chi connectivity index (χ4v) is 1.73. The van der Waals surface area contributed by atoms with Gasteiger partial charge in [-0.25, -0.2) is 9.97 Å². The lowest BCUT2D eigenvalue weighted by atomic mass is 9.86. The predicted molar refractivity (Wildman–Crippen MR) is 71.6 cm³/mol. The van der Waals surface area contributed by atoms with Gasteiger partial charge in [0.15, 0.2) is 12.1 Å². The predicted octanol–water partition coefficient (Wildman–Crippen LogP) is 3.25. The number of aromatic nitrogens is 2. The van der Waals surface area contributed by atoms with Crippen molar-refractivity contribution in [1.29, 1.82) is 0 Å². The third-order valence-electron chi connectivity index (χ3n) is 2.83. The van der Waals surface area contributed by atoms with Crippen LogP contribution in [0.15, 0.2) is 36.5 Å². The van der Waals surface area contributed by atoms with Crippen LogP contribution in [0.25, 0.3) is 11.3 Å². The van der Waals surface area contributed by atoms with Crippen molar-refractivity contribution in [1.82, 2.24) is 9.97 Å². The van der Waals surface area contributed by atoms with Crippen LogP contribution in [0.4, 0.5) is 0 Å². The Hall–Kier alpha value is -2.03. The molecule has 0 atom stereocenters. The van der Waals surface area contributed by atoms with E-state index in [-0.39, 0.29) is 11.2 Å². The van der Waals surface area contributed by atoms with Gasteiger partial charge in [-0.3, -0.25) is 4.79 Å². The fraction of sp³-hybridized carbons (Fsp3) is 0.267. The van der Waals surface area contributed by atoms with Crippen molar-refractivity contribution < 1.29 is 4.79 Å². The molecule has 3 heteroatoms. The molecule has 3 nitrogen and oxygen atoms in total. The van der Waals surface area contributed by atoms with Gasteiger partial charge in [0.25, 0.3) is 0 Å². The zero-order valence-electron chi connectivity index (χ0n) is 10.8. The van der Waals surface area contributed by atoms with Gasteiger partial charge >= 0.3 is 0 Å². The highest BCUT2D eigenvalue weighted by atomic mass is 16.1. The summed E-state index contributed by atoms with van der Waals surface area (Å²) in [6.45, 7) is 6.53. The Labute approximate surface area is 107 Å². The summed E-state index contributed by atoms with van der Waals surface area (Å²) in [5.74, 6) is 0.215. The highest BCUT2D eigenvalue weighted by molar-refractivity contribution is 5.71. The first kappa shape index (κ1) is 12.4. The van der Waals surface area contributed by atoms with E-state index in [2.05, 4.69) is 42.9 Å². The van der Waals surface area contributed by atoms with E-state index in [1.807, 2.05) is 12.1 Å². The maximum Gasteiger partial charge on any atom is 0.193 e. The summed E-state index contributed by atoms with van der Waals surface area (Å²) >= 11 is 0. The van der Waals surface area contributed by atoms with Gasteiger partial charge in [-0.15, -0.1) is 0 Å². The van der Waals surface area contributed by atoms with Crippen molar-refractivity contribution in [3.05, 3.63) is 47.9 Å². The Morgan fingerprint density at radius 2 is 1.72 bits per heavy atom. The molecule has 0 amide bonds. The number of carbonyl (C=O) groups is 1. The van der Waals surface area contributed by atoms with Gasteiger partial charge in [-0.1, -0.05) is 45.0 Å². The Balaban J connectivity index is 2.37. The van der Waals surface area contributed by atoms with Crippen LogP contribution in [-0.4, -0.2) is 16.3 Å². The van der Waals surface area contributed by atoms with Crippen LogP contribution < -0.4 is 0 Å². The largest absolute Gasteiger partial charge is 0.294 e. The van der Waals surface area contributed by atoms with E-state index >= 15 is 0 Å². The van der Waals surface area contributed by atoms with E-state index in [0.717, 1.165) is 11.3 Å².